The van der Waals surface area contributed by atoms with Crippen LogP contribution in [0.4, 0.5) is 10.9 Å². The molecule has 3 heterocycles. The SMILES string of the molecule is CCOCC(=O)N1CCN(c2nn3c(NC4CCCC4)c(-c4ccc(C)cc4)nc3s2)CC1. The first-order valence-electron chi connectivity index (χ1n) is 12.0. The van der Waals surface area contributed by atoms with Crippen LogP contribution in [0, 0.1) is 6.92 Å². The van der Waals surface area contributed by atoms with Crippen LogP contribution >= 0.6 is 11.3 Å². The normalized spacial score (nSPS) is 17.3. The van der Waals surface area contributed by atoms with Crippen LogP contribution in [0.2, 0.25) is 0 Å². The van der Waals surface area contributed by atoms with Crippen molar-refractivity contribution in [3.8, 4) is 11.3 Å². The molecule has 9 heteroatoms. The van der Waals surface area contributed by atoms with E-state index in [1.807, 2.05) is 16.3 Å². The second kappa shape index (κ2) is 9.69. The monoisotopic (exact) mass is 468 g/mol. The third kappa shape index (κ3) is 4.70. The van der Waals surface area contributed by atoms with Crippen LogP contribution in [0.25, 0.3) is 16.2 Å². The number of rotatable bonds is 7. The van der Waals surface area contributed by atoms with Gasteiger partial charge in [-0.3, -0.25) is 4.79 Å². The summed E-state index contributed by atoms with van der Waals surface area (Å²) in [6.45, 7) is 7.65. The fraction of sp³-hybridized carbons (Fsp3) is 0.542. The Labute approximate surface area is 198 Å². The average molecular weight is 469 g/mol. The van der Waals surface area contributed by atoms with Crippen molar-refractivity contribution >= 4 is 33.2 Å². The number of hydrogen-bond acceptors (Lipinski definition) is 7. The molecule has 3 aromatic rings. The highest BCUT2D eigenvalue weighted by Crippen LogP contribution is 2.35. The first-order valence-corrected chi connectivity index (χ1v) is 12.8. The zero-order valence-electron chi connectivity index (χ0n) is 19.4. The number of piperazine rings is 1. The Balaban J connectivity index is 1.38. The maximum absolute atomic E-state index is 12.2. The summed E-state index contributed by atoms with van der Waals surface area (Å²) in [4.78, 5) is 22.3. The van der Waals surface area contributed by atoms with Crippen LogP contribution in [0.1, 0.15) is 38.2 Å². The highest BCUT2D eigenvalue weighted by atomic mass is 32.1. The molecule has 0 atom stereocenters. The highest BCUT2D eigenvalue weighted by molar-refractivity contribution is 7.20. The van der Waals surface area contributed by atoms with E-state index < -0.39 is 0 Å². The minimum atomic E-state index is 0.0660. The molecule has 2 fully saturated rings. The van der Waals surface area contributed by atoms with Crippen LogP contribution < -0.4 is 10.2 Å². The number of aryl methyl sites for hydroxylation is 1. The van der Waals surface area contributed by atoms with Gasteiger partial charge in [-0.1, -0.05) is 54.0 Å². The molecule has 2 aliphatic rings. The minimum Gasteiger partial charge on any atom is -0.372 e. The van der Waals surface area contributed by atoms with Gasteiger partial charge in [-0.05, 0) is 26.7 Å². The summed E-state index contributed by atoms with van der Waals surface area (Å²) in [5, 5.41) is 9.69. The molecule has 5 rings (SSSR count). The number of carbonyl (C=O) groups is 1. The fourth-order valence-electron chi connectivity index (χ4n) is 4.60. The smallest absolute Gasteiger partial charge is 0.248 e. The Morgan fingerprint density at radius 2 is 1.88 bits per heavy atom. The van der Waals surface area contributed by atoms with Gasteiger partial charge in [0, 0.05) is 44.4 Å². The number of fused-ring (bicyclic) bond motifs is 1. The molecule has 1 saturated carbocycles. The van der Waals surface area contributed by atoms with Gasteiger partial charge in [0.1, 0.15) is 12.3 Å². The Kier molecular flexibility index (Phi) is 6.50. The summed E-state index contributed by atoms with van der Waals surface area (Å²) in [7, 11) is 0. The Bertz CT molecular complexity index is 1090. The summed E-state index contributed by atoms with van der Waals surface area (Å²) < 4.78 is 7.26. The van der Waals surface area contributed by atoms with Gasteiger partial charge in [-0.2, -0.15) is 4.52 Å². The molecule has 2 aromatic heterocycles. The zero-order chi connectivity index (χ0) is 22.8. The lowest BCUT2D eigenvalue weighted by Gasteiger charge is -2.34. The molecule has 0 radical (unpaired) electrons. The molecule has 1 aliphatic heterocycles. The number of nitrogens with zero attached hydrogens (tertiary/aromatic N) is 5. The van der Waals surface area contributed by atoms with Gasteiger partial charge in [0.05, 0.1) is 0 Å². The topological polar surface area (TPSA) is 75.0 Å². The maximum atomic E-state index is 12.2. The second-order valence-corrected chi connectivity index (χ2v) is 9.82. The molecule has 0 spiro atoms. The standard InChI is InChI=1S/C24H32N6O2S/c1-3-32-16-20(31)28-12-14-29(15-13-28)24-27-30-22(25-19-6-4-5-7-19)21(26-23(30)33-24)18-10-8-17(2)9-11-18/h8-11,19,25H,3-7,12-16H2,1-2H3. The molecule has 0 bridgehead atoms. The van der Waals surface area contributed by atoms with Crippen molar-refractivity contribution in [2.24, 2.45) is 0 Å². The predicted octanol–water partition coefficient (Wildman–Crippen LogP) is 3.81. The minimum absolute atomic E-state index is 0.0660. The molecule has 1 amide bonds. The van der Waals surface area contributed by atoms with E-state index in [9.17, 15) is 4.79 Å². The quantitative estimate of drug-likeness (QED) is 0.568. The van der Waals surface area contributed by atoms with Crippen molar-refractivity contribution in [1.82, 2.24) is 19.5 Å². The van der Waals surface area contributed by atoms with Gasteiger partial charge in [0.2, 0.25) is 16.0 Å². The Hall–Kier alpha value is -2.65. The van der Waals surface area contributed by atoms with Crippen molar-refractivity contribution in [2.45, 2.75) is 45.6 Å². The molecule has 1 N–H and O–H groups in total. The molecule has 1 saturated heterocycles. The van der Waals surface area contributed by atoms with Gasteiger partial charge in [0.15, 0.2) is 5.82 Å². The van der Waals surface area contributed by atoms with E-state index in [2.05, 4.69) is 41.4 Å². The lowest BCUT2D eigenvalue weighted by atomic mass is 10.1. The van der Waals surface area contributed by atoms with Gasteiger partial charge in [-0.15, -0.1) is 5.10 Å². The first-order chi connectivity index (χ1) is 16.1. The summed E-state index contributed by atoms with van der Waals surface area (Å²) in [6, 6.07) is 9.02. The van der Waals surface area contributed by atoms with Crippen molar-refractivity contribution in [1.29, 1.82) is 0 Å². The lowest BCUT2D eigenvalue weighted by molar-refractivity contribution is -0.136. The Morgan fingerprint density at radius 1 is 1.15 bits per heavy atom. The molecule has 176 valence electrons. The number of benzene rings is 1. The van der Waals surface area contributed by atoms with Crippen LogP contribution in [0.15, 0.2) is 24.3 Å². The van der Waals surface area contributed by atoms with Gasteiger partial charge in [0.25, 0.3) is 0 Å². The average Bonchev–Trinajstić information content (AvgIpc) is 3.56. The number of hydrogen-bond donors (Lipinski definition) is 1. The highest BCUT2D eigenvalue weighted by Gasteiger charge is 2.26. The van der Waals surface area contributed by atoms with Crippen LogP contribution in [-0.2, 0) is 9.53 Å². The van der Waals surface area contributed by atoms with Gasteiger partial charge >= 0.3 is 0 Å². The summed E-state index contributed by atoms with van der Waals surface area (Å²) in [6.07, 6.45) is 4.92. The molecule has 8 nitrogen and oxygen atoms in total. The molecule has 1 aliphatic carbocycles. The summed E-state index contributed by atoms with van der Waals surface area (Å²) in [5.41, 5.74) is 3.32. The maximum Gasteiger partial charge on any atom is 0.248 e. The molecule has 1 aromatic carbocycles. The van der Waals surface area contributed by atoms with Gasteiger partial charge in [-0.25, -0.2) is 4.98 Å². The first kappa shape index (κ1) is 22.2. The number of anilines is 2. The predicted molar refractivity (Wildman–Crippen MR) is 132 cm³/mol. The number of aromatic nitrogens is 3. The zero-order valence-corrected chi connectivity index (χ0v) is 20.2. The molecule has 0 unspecified atom stereocenters. The largest absolute Gasteiger partial charge is 0.372 e. The van der Waals surface area contributed by atoms with E-state index in [4.69, 9.17) is 14.8 Å². The van der Waals surface area contributed by atoms with Crippen molar-refractivity contribution < 1.29 is 9.53 Å². The molecular formula is C24H32N6O2S. The Morgan fingerprint density at radius 3 is 2.58 bits per heavy atom. The van der Waals surface area contributed by atoms with E-state index in [0.29, 0.717) is 25.7 Å². The number of carbonyl (C=O) groups excluding carboxylic acids is 1. The number of ether oxygens (including phenoxy) is 1. The number of nitrogens with one attached hydrogen (secondary N) is 1. The van der Waals surface area contributed by atoms with Crippen molar-refractivity contribution in [3.05, 3.63) is 29.8 Å². The third-order valence-corrected chi connectivity index (χ3v) is 7.52. The summed E-state index contributed by atoms with van der Waals surface area (Å²) >= 11 is 1.62. The van der Waals surface area contributed by atoms with E-state index in [1.165, 1.54) is 31.2 Å². The number of imidazole rings is 1. The fourth-order valence-corrected chi connectivity index (χ4v) is 5.55. The van der Waals surface area contributed by atoms with Crippen molar-refractivity contribution in [3.63, 3.8) is 0 Å². The number of amides is 1. The molecular weight excluding hydrogens is 436 g/mol. The van der Waals surface area contributed by atoms with Crippen LogP contribution in [0.5, 0.6) is 0 Å². The molecule has 33 heavy (non-hydrogen) atoms. The third-order valence-electron chi connectivity index (χ3n) is 6.55. The lowest BCUT2D eigenvalue weighted by Crippen LogP contribution is -2.49. The summed E-state index contributed by atoms with van der Waals surface area (Å²) in [5.74, 6) is 1.06. The van der Waals surface area contributed by atoms with E-state index in [-0.39, 0.29) is 12.5 Å². The van der Waals surface area contributed by atoms with E-state index in [1.54, 1.807) is 11.3 Å². The van der Waals surface area contributed by atoms with E-state index in [0.717, 1.165) is 40.3 Å². The van der Waals surface area contributed by atoms with Crippen molar-refractivity contribution in [2.75, 3.05) is 49.6 Å². The second-order valence-electron chi connectivity index (χ2n) is 8.88. The van der Waals surface area contributed by atoms with Crippen LogP contribution in [-0.4, -0.2) is 70.8 Å². The van der Waals surface area contributed by atoms with E-state index >= 15 is 0 Å². The van der Waals surface area contributed by atoms with Gasteiger partial charge < -0.3 is 19.9 Å². The van der Waals surface area contributed by atoms with Crippen LogP contribution in [0.3, 0.4) is 0 Å².